The standard InChI is InChI=1S/C19H17N3O3S/c1-24-15-8-13-14(9-16(15)25-2)20-19(22-10-17(23)21-18(13)22)26-11-12-6-4-3-5-7-12/h3-9H,10-11H2,1-2H3. The van der Waals surface area contributed by atoms with Gasteiger partial charge in [0.25, 0.3) is 5.91 Å². The molecule has 0 aromatic heterocycles. The molecule has 0 N–H and O–H groups in total. The smallest absolute Gasteiger partial charge is 0.267 e. The Balaban J connectivity index is 1.73. The lowest BCUT2D eigenvalue weighted by molar-refractivity contribution is -0.116. The summed E-state index contributed by atoms with van der Waals surface area (Å²) in [5.74, 6) is 2.40. The predicted octanol–water partition coefficient (Wildman–Crippen LogP) is 3.23. The number of amides is 1. The minimum absolute atomic E-state index is 0.171. The maximum Gasteiger partial charge on any atom is 0.267 e. The van der Waals surface area contributed by atoms with Crippen LogP contribution in [0.25, 0.3) is 0 Å². The lowest BCUT2D eigenvalue weighted by Crippen LogP contribution is -2.36. The number of thioether (sulfide) groups is 1. The summed E-state index contributed by atoms with van der Waals surface area (Å²) in [6.45, 7) is 0.212. The molecule has 0 bridgehead atoms. The van der Waals surface area contributed by atoms with Crippen LogP contribution in [-0.2, 0) is 10.5 Å². The number of ether oxygens (including phenoxy) is 2. The summed E-state index contributed by atoms with van der Waals surface area (Å²) < 4.78 is 10.8. The molecule has 132 valence electrons. The van der Waals surface area contributed by atoms with Gasteiger partial charge in [-0.15, -0.1) is 0 Å². The van der Waals surface area contributed by atoms with E-state index in [4.69, 9.17) is 14.5 Å². The highest BCUT2D eigenvalue weighted by atomic mass is 32.2. The van der Waals surface area contributed by atoms with E-state index in [1.54, 1.807) is 26.0 Å². The zero-order valence-electron chi connectivity index (χ0n) is 14.4. The summed E-state index contributed by atoms with van der Waals surface area (Å²) in [7, 11) is 3.17. The van der Waals surface area contributed by atoms with E-state index in [1.807, 2.05) is 35.2 Å². The lowest BCUT2D eigenvalue weighted by Gasteiger charge is -2.27. The summed E-state index contributed by atoms with van der Waals surface area (Å²) in [5.41, 5.74) is 2.70. The molecule has 0 saturated heterocycles. The van der Waals surface area contributed by atoms with Crippen LogP contribution in [-0.4, -0.2) is 42.6 Å². The maximum absolute atomic E-state index is 12.0. The highest BCUT2D eigenvalue weighted by molar-refractivity contribution is 8.13. The fraction of sp³-hybridized carbons (Fsp3) is 0.211. The lowest BCUT2D eigenvalue weighted by atomic mass is 10.1. The number of nitrogens with zero attached hydrogens (tertiary/aromatic N) is 3. The normalized spacial score (nSPS) is 15.2. The monoisotopic (exact) mass is 367 g/mol. The third-order valence-electron chi connectivity index (χ3n) is 4.18. The summed E-state index contributed by atoms with van der Waals surface area (Å²) in [5, 5.41) is 0.762. The molecular weight excluding hydrogens is 350 g/mol. The fourth-order valence-corrected chi connectivity index (χ4v) is 3.88. The third kappa shape index (κ3) is 2.94. The van der Waals surface area contributed by atoms with Gasteiger partial charge >= 0.3 is 0 Å². The SMILES string of the molecule is COc1cc2c(cc1OC)C1=NC(=O)CN1C(SCc1ccccc1)=N2. The number of fused-ring (bicyclic) bond motifs is 3. The molecule has 0 spiro atoms. The number of carbonyl (C=O) groups excluding carboxylic acids is 1. The van der Waals surface area contributed by atoms with Crippen LogP contribution in [0.5, 0.6) is 11.5 Å². The number of benzene rings is 2. The molecule has 2 aliphatic heterocycles. The Kier molecular flexibility index (Phi) is 4.38. The molecule has 0 saturated carbocycles. The van der Waals surface area contributed by atoms with Gasteiger partial charge < -0.3 is 9.47 Å². The van der Waals surface area contributed by atoms with Crippen LogP contribution < -0.4 is 9.47 Å². The van der Waals surface area contributed by atoms with Crippen LogP contribution in [0.2, 0.25) is 0 Å². The molecule has 1 amide bonds. The van der Waals surface area contributed by atoms with Crippen molar-refractivity contribution in [1.82, 2.24) is 4.90 Å². The van der Waals surface area contributed by atoms with E-state index in [2.05, 4.69) is 17.1 Å². The van der Waals surface area contributed by atoms with E-state index in [-0.39, 0.29) is 12.5 Å². The number of rotatable bonds is 4. The summed E-state index contributed by atoms with van der Waals surface area (Å²) in [4.78, 5) is 22.8. The minimum Gasteiger partial charge on any atom is -0.493 e. The van der Waals surface area contributed by atoms with E-state index in [1.165, 1.54) is 5.56 Å². The Hall–Kier alpha value is -2.80. The Morgan fingerprint density at radius 2 is 1.81 bits per heavy atom. The highest BCUT2D eigenvalue weighted by Crippen LogP contribution is 2.40. The average Bonchev–Trinajstić information content (AvgIpc) is 3.07. The molecule has 26 heavy (non-hydrogen) atoms. The Morgan fingerprint density at radius 1 is 1.08 bits per heavy atom. The molecule has 0 atom stereocenters. The quantitative estimate of drug-likeness (QED) is 0.830. The van der Waals surface area contributed by atoms with Gasteiger partial charge in [-0.3, -0.25) is 9.69 Å². The third-order valence-corrected chi connectivity index (χ3v) is 5.23. The van der Waals surface area contributed by atoms with Gasteiger partial charge in [0.1, 0.15) is 12.4 Å². The maximum atomic E-state index is 12.0. The largest absolute Gasteiger partial charge is 0.493 e. The molecule has 0 radical (unpaired) electrons. The van der Waals surface area contributed by atoms with Gasteiger partial charge in [0.05, 0.1) is 19.9 Å². The van der Waals surface area contributed by atoms with Crippen LogP contribution >= 0.6 is 11.8 Å². The van der Waals surface area contributed by atoms with Crippen LogP contribution in [0, 0.1) is 0 Å². The van der Waals surface area contributed by atoms with Gasteiger partial charge in [0, 0.05) is 17.4 Å². The second kappa shape index (κ2) is 6.84. The van der Waals surface area contributed by atoms with Crippen molar-refractivity contribution in [2.75, 3.05) is 20.8 Å². The van der Waals surface area contributed by atoms with Gasteiger partial charge in [0.2, 0.25) is 0 Å². The van der Waals surface area contributed by atoms with Gasteiger partial charge in [0.15, 0.2) is 16.7 Å². The van der Waals surface area contributed by atoms with E-state index in [0.717, 1.165) is 22.2 Å². The number of hydrogen-bond acceptors (Lipinski definition) is 6. The first-order chi connectivity index (χ1) is 12.7. The van der Waals surface area contributed by atoms with Gasteiger partial charge in [-0.05, 0) is 11.6 Å². The average molecular weight is 367 g/mol. The van der Waals surface area contributed by atoms with Crippen molar-refractivity contribution in [3.63, 3.8) is 0 Å². The molecular formula is C19H17N3O3S. The van der Waals surface area contributed by atoms with Gasteiger partial charge in [-0.2, -0.15) is 4.99 Å². The first kappa shape index (κ1) is 16.7. The molecule has 0 fully saturated rings. The van der Waals surface area contributed by atoms with E-state index in [0.29, 0.717) is 17.3 Å². The predicted molar refractivity (Wildman–Crippen MR) is 103 cm³/mol. The van der Waals surface area contributed by atoms with Crippen LogP contribution in [0.15, 0.2) is 52.4 Å². The molecule has 2 aromatic carbocycles. The fourth-order valence-electron chi connectivity index (χ4n) is 2.92. The zero-order valence-corrected chi connectivity index (χ0v) is 15.2. The molecule has 7 heteroatoms. The minimum atomic E-state index is -0.171. The summed E-state index contributed by atoms with van der Waals surface area (Å²) in [6.07, 6.45) is 0. The topological polar surface area (TPSA) is 63.5 Å². The second-order valence-electron chi connectivity index (χ2n) is 5.81. The van der Waals surface area contributed by atoms with Gasteiger partial charge in [-0.25, -0.2) is 4.99 Å². The first-order valence-electron chi connectivity index (χ1n) is 8.10. The number of hydrogen-bond donors (Lipinski definition) is 0. The van der Waals surface area contributed by atoms with Crippen LogP contribution in [0.3, 0.4) is 0 Å². The summed E-state index contributed by atoms with van der Waals surface area (Å²) >= 11 is 1.59. The van der Waals surface area contributed by atoms with Crippen molar-refractivity contribution in [1.29, 1.82) is 0 Å². The Morgan fingerprint density at radius 3 is 2.54 bits per heavy atom. The number of amidine groups is 2. The number of methoxy groups -OCH3 is 2. The van der Waals surface area contributed by atoms with Crippen LogP contribution in [0.4, 0.5) is 5.69 Å². The molecule has 2 heterocycles. The molecule has 2 aromatic rings. The number of carbonyl (C=O) groups is 1. The van der Waals surface area contributed by atoms with E-state index >= 15 is 0 Å². The second-order valence-corrected chi connectivity index (χ2v) is 6.75. The highest BCUT2D eigenvalue weighted by Gasteiger charge is 2.34. The molecule has 0 aliphatic carbocycles. The van der Waals surface area contributed by atoms with Crippen LogP contribution in [0.1, 0.15) is 11.1 Å². The van der Waals surface area contributed by atoms with E-state index < -0.39 is 0 Å². The van der Waals surface area contributed by atoms with Gasteiger partial charge in [-0.1, -0.05) is 42.1 Å². The van der Waals surface area contributed by atoms with Crippen molar-refractivity contribution in [3.05, 3.63) is 53.6 Å². The van der Waals surface area contributed by atoms with E-state index in [9.17, 15) is 4.79 Å². The molecule has 0 unspecified atom stereocenters. The first-order valence-corrected chi connectivity index (χ1v) is 9.09. The molecule has 2 aliphatic rings. The van der Waals surface area contributed by atoms with Crippen molar-refractivity contribution in [2.24, 2.45) is 9.98 Å². The molecule has 6 nitrogen and oxygen atoms in total. The van der Waals surface area contributed by atoms with Crippen molar-refractivity contribution in [2.45, 2.75) is 5.75 Å². The Labute approximate surface area is 155 Å². The zero-order chi connectivity index (χ0) is 18.1. The number of aliphatic imine (C=N–C) groups is 2. The molecule has 4 rings (SSSR count). The summed E-state index contributed by atoms with van der Waals surface area (Å²) in [6, 6.07) is 13.8. The van der Waals surface area contributed by atoms with Crippen molar-refractivity contribution in [3.8, 4) is 11.5 Å². The van der Waals surface area contributed by atoms with Crippen molar-refractivity contribution < 1.29 is 14.3 Å². The Bertz CT molecular complexity index is 925. The van der Waals surface area contributed by atoms with Crippen molar-refractivity contribution >= 4 is 34.4 Å².